The highest BCUT2D eigenvalue weighted by Crippen LogP contribution is 2.23. The van der Waals surface area contributed by atoms with Gasteiger partial charge in [0.1, 0.15) is 0 Å². The molecule has 1 aromatic rings. The summed E-state index contributed by atoms with van der Waals surface area (Å²) in [5.41, 5.74) is 17.0. The SMILES string of the molecule is NCCC(c1ccccc1)N(CC(N)=O)CC(N)=O. The zero-order valence-electron chi connectivity index (χ0n) is 10.8. The van der Waals surface area contributed by atoms with Crippen molar-refractivity contribution in [2.75, 3.05) is 19.6 Å². The van der Waals surface area contributed by atoms with Crippen LogP contribution in [-0.2, 0) is 9.59 Å². The topological polar surface area (TPSA) is 115 Å². The monoisotopic (exact) mass is 264 g/mol. The van der Waals surface area contributed by atoms with Gasteiger partial charge in [0.25, 0.3) is 0 Å². The van der Waals surface area contributed by atoms with Crippen molar-refractivity contribution in [3.8, 4) is 0 Å². The molecule has 1 atom stereocenters. The van der Waals surface area contributed by atoms with Crippen molar-refractivity contribution < 1.29 is 9.59 Å². The van der Waals surface area contributed by atoms with Crippen LogP contribution in [0, 0.1) is 0 Å². The lowest BCUT2D eigenvalue weighted by molar-refractivity contribution is -0.123. The quantitative estimate of drug-likeness (QED) is 0.578. The van der Waals surface area contributed by atoms with Crippen LogP contribution >= 0.6 is 0 Å². The van der Waals surface area contributed by atoms with Crippen LogP contribution in [0.2, 0.25) is 0 Å². The number of hydrogen-bond acceptors (Lipinski definition) is 4. The summed E-state index contributed by atoms with van der Waals surface area (Å²) < 4.78 is 0. The number of rotatable bonds is 8. The Labute approximate surface area is 112 Å². The van der Waals surface area contributed by atoms with Crippen molar-refractivity contribution >= 4 is 11.8 Å². The third-order valence-electron chi connectivity index (χ3n) is 2.78. The van der Waals surface area contributed by atoms with E-state index in [1.165, 1.54) is 0 Å². The standard InChI is InChI=1S/C13H20N4O2/c14-7-6-11(10-4-2-1-3-5-10)17(8-12(15)18)9-13(16)19/h1-5,11H,6-9,14H2,(H2,15,18)(H2,16,19). The summed E-state index contributed by atoms with van der Waals surface area (Å²) in [4.78, 5) is 23.9. The first-order valence-corrected chi connectivity index (χ1v) is 6.10. The van der Waals surface area contributed by atoms with Crippen molar-refractivity contribution in [1.82, 2.24) is 4.90 Å². The molecule has 6 heteroatoms. The van der Waals surface area contributed by atoms with Crippen molar-refractivity contribution in [2.24, 2.45) is 17.2 Å². The minimum absolute atomic E-state index is 0.0253. The van der Waals surface area contributed by atoms with E-state index in [2.05, 4.69) is 0 Å². The normalized spacial score (nSPS) is 12.3. The lowest BCUT2D eigenvalue weighted by Gasteiger charge is -2.29. The molecule has 0 saturated carbocycles. The van der Waals surface area contributed by atoms with Crippen LogP contribution in [0.1, 0.15) is 18.0 Å². The molecule has 19 heavy (non-hydrogen) atoms. The number of nitrogens with two attached hydrogens (primary N) is 3. The number of primary amides is 2. The molecule has 0 aliphatic heterocycles. The predicted molar refractivity (Wildman–Crippen MR) is 72.8 cm³/mol. The molecule has 1 rings (SSSR count). The summed E-state index contributed by atoms with van der Waals surface area (Å²) in [6.45, 7) is 0.387. The second kappa shape index (κ2) is 7.50. The van der Waals surface area contributed by atoms with Crippen LogP contribution in [-0.4, -0.2) is 36.3 Å². The number of carbonyl (C=O) groups excluding carboxylic acids is 2. The lowest BCUT2D eigenvalue weighted by atomic mass is 10.0. The molecule has 0 heterocycles. The van der Waals surface area contributed by atoms with Crippen molar-refractivity contribution in [1.29, 1.82) is 0 Å². The van der Waals surface area contributed by atoms with Gasteiger partial charge in [-0.15, -0.1) is 0 Å². The number of amides is 2. The van der Waals surface area contributed by atoms with Gasteiger partial charge in [-0.05, 0) is 18.5 Å². The van der Waals surface area contributed by atoms with Gasteiger partial charge in [0, 0.05) is 6.04 Å². The van der Waals surface area contributed by atoms with Gasteiger partial charge in [-0.25, -0.2) is 0 Å². The van der Waals surface area contributed by atoms with Gasteiger partial charge in [-0.1, -0.05) is 30.3 Å². The zero-order chi connectivity index (χ0) is 14.3. The fourth-order valence-corrected chi connectivity index (χ4v) is 2.07. The molecule has 0 fully saturated rings. The van der Waals surface area contributed by atoms with E-state index in [1.54, 1.807) is 4.90 Å². The van der Waals surface area contributed by atoms with Crippen LogP contribution in [0.25, 0.3) is 0 Å². The second-order valence-corrected chi connectivity index (χ2v) is 4.34. The van der Waals surface area contributed by atoms with E-state index in [4.69, 9.17) is 17.2 Å². The van der Waals surface area contributed by atoms with Crippen LogP contribution in [0.3, 0.4) is 0 Å². The van der Waals surface area contributed by atoms with Gasteiger partial charge in [-0.2, -0.15) is 0 Å². The molecule has 6 nitrogen and oxygen atoms in total. The lowest BCUT2D eigenvalue weighted by Crippen LogP contribution is -2.42. The molecule has 1 unspecified atom stereocenters. The highest BCUT2D eigenvalue weighted by Gasteiger charge is 2.22. The fourth-order valence-electron chi connectivity index (χ4n) is 2.07. The van der Waals surface area contributed by atoms with E-state index in [0.29, 0.717) is 13.0 Å². The Hall–Kier alpha value is -1.92. The molecular weight excluding hydrogens is 244 g/mol. The number of benzene rings is 1. The molecule has 0 aliphatic carbocycles. The van der Waals surface area contributed by atoms with Crippen molar-refractivity contribution in [3.05, 3.63) is 35.9 Å². The molecule has 0 radical (unpaired) electrons. The Morgan fingerprint density at radius 1 is 1.05 bits per heavy atom. The molecule has 1 aromatic carbocycles. The fraction of sp³-hybridized carbons (Fsp3) is 0.385. The Bertz CT molecular complexity index is 406. The van der Waals surface area contributed by atoms with E-state index in [-0.39, 0.29) is 19.1 Å². The summed E-state index contributed by atoms with van der Waals surface area (Å²) in [6.07, 6.45) is 0.616. The van der Waals surface area contributed by atoms with Crippen LogP contribution in [0.4, 0.5) is 0 Å². The summed E-state index contributed by atoms with van der Waals surface area (Å²) in [6, 6.07) is 9.39. The maximum Gasteiger partial charge on any atom is 0.231 e. The summed E-state index contributed by atoms with van der Waals surface area (Å²) in [5, 5.41) is 0. The minimum atomic E-state index is -0.501. The maximum atomic E-state index is 11.1. The highest BCUT2D eigenvalue weighted by molar-refractivity contribution is 5.79. The first kappa shape index (κ1) is 15.1. The Balaban J connectivity index is 2.97. The Kier molecular flexibility index (Phi) is 5.98. The predicted octanol–water partition coefficient (Wildman–Crippen LogP) is -0.651. The first-order chi connectivity index (χ1) is 9.04. The van der Waals surface area contributed by atoms with Gasteiger partial charge in [0.15, 0.2) is 0 Å². The average molecular weight is 264 g/mol. The van der Waals surface area contributed by atoms with Gasteiger partial charge >= 0.3 is 0 Å². The molecule has 0 bridgehead atoms. The van der Waals surface area contributed by atoms with Gasteiger partial charge in [-0.3, -0.25) is 14.5 Å². The summed E-state index contributed by atoms with van der Waals surface area (Å²) in [5.74, 6) is -1.00. The van der Waals surface area contributed by atoms with E-state index >= 15 is 0 Å². The first-order valence-electron chi connectivity index (χ1n) is 6.10. The zero-order valence-corrected chi connectivity index (χ0v) is 10.8. The summed E-state index contributed by atoms with van der Waals surface area (Å²) >= 11 is 0. The number of nitrogens with zero attached hydrogens (tertiary/aromatic N) is 1. The van der Waals surface area contributed by atoms with Gasteiger partial charge in [0.2, 0.25) is 11.8 Å². The van der Waals surface area contributed by atoms with Gasteiger partial charge < -0.3 is 17.2 Å². The molecule has 0 spiro atoms. The smallest absolute Gasteiger partial charge is 0.231 e. The molecular formula is C13H20N4O2. The highest BCUT2D eigenvalue weighted by atomic mass is 16.2. The average Bonchev–Trinajstić information content (AvgIpc) is 2.35. The van der Waals surface area contributed by atoms with Crippen LogP contribution in [0.5, 0.6) is 0 Å². The molecule has 6 N–H and O–H groups in total. The van der Waals surface area contributed by atoms with Gasteiger partial charge in [0.05, 0.1) is 13.1 Å². The van der Waals surface area contributed by atoms with Crippen molar-refractivity contribution in [2.45, 2.75) is 12.5 Å². The second-order valence-electron chi connectivity index (χ2n) is 4.34. The minimum Gasteiger partial charge on any atom is -0.369 e. The molecule has 104 valence electrons. The van der Waals surface area contributed by atoms with Crippen molar-refractivity contribution in [3.63, 3.8) is 0 Å². The molecule has 2 amide bonds. The third kappa shape index (κ3) is 5.07. The number of hydrogen-bond donors (Lipinski definition) is 3. The van der Waals surface area contributed by atoms with E-state index in [1.807, 2.05) is 30.3 Å². The number of carbonyl (C=O) groups is 2. The van der Waals surface area contributed by atoms with Crippen LogP contribution < -0.4 is 17.2 Å². The molecule has 0 aliphatic rings. The maximum absolute atomic E-state index is 11.1. The Morgan fingerprint density at radius 3 is 2.00 bits per heavy atom. The summed E-state index contributed by atoms with van der Waals surface area (Å²) in [7, 11) is 0. The van der Waals surface area contributed by atoms with E-state index < -0.39 is 11.8 Å². The van der Waals surface area contributed by atoms with E-state index in [0.717, 1.165) is 5.56 Å². The molecule has 0 saturated heterocycles. The Morgan fingerprint density at radius 2 is 1.58 bits per heavy atom. The van der Waals surface area contributed by atoms with Crippen LogP contribution in [0.15, 0.2) is 30.3 Å². The largest absolute Gasteiger partial charge is 0.369 e. The molecule has 0 aromatic heterocycles. The third-order valence-corrected chi connectivity index (χ3v) is 2.78. The van der Waals surface area contributed by atoms with E-state index in [9.17, 15) is 9.59 Å².